The zero-order valence-electron chi connectivity index (χ0n) is 16.8. The van der Waals surface area contributed by atoms with Crippen molar-refractivity contribution in [1.29, 1.82) is 0 Å². The number of amides is 2. The third kappa shape index (κ3) is 4.84. The average molecular weight is 372 g/mol. The zero-order valence-corrected chi connectivity index (χ0v) is 16.8. The Labute approximate surface area is 161 Å². The summed E-state index contributed by atoms with van der Waals surface area (Å²) >= 11 is 0. The first-order valence-corrected chi connectivity index (χ1v) is 8.77. The summed E-state index contributed by atoms with van der Waals surface area (Å²) in [5.74, 6) is 1.64. The second kappa shape index (κ2) is 9.16. The second-order valence-corrected chi connectivity index (χ2v) is 6.39. The van der Waals surface area contributed by atoms with E-state index in [1.807, 2.05) is 50.2 Å². The summed E-state index contributed by atoms with van der Waals surface area (Å²) in [6, 6.07) is 11.6. The predicted octanol–water partition coefficient (Wildman–Crippen LogP) is 3.92. The van der Waals surface area contributed by atoms with Gasteiger partial charge in [0.1, 0.15) is 0 Å². The van der Waals surface area contributed by atoms with E-state index in [-0.39, 0.29) is 12.1 Å². The van der Waals surface area contributed by atoms with Crippen LogP contribution in [0, 0.1) is 6.92 Å². The van der Waals surface area contributed by atoms with Crippen molar-refractivity contribution in [3.63, 3.8) is 0 Å². The van der Waals surface area contributed by atoms with Crippen molar-refractivity contribution < 1.29 is 19.0 Å². The molecule has 0 saturated heterocycles. The summed E-state index contributed by atoms with van der Waals surface area (Å²) in [6.45, 7) is 4.40. The van der Waals surface area contributed by atoms with Gasteiger partial charge in [0, 0.05) is 13.6 Å². The lowest BCUT2D eigenvalue weighted by Crippen LogP contribution is -2.38. The Bertz CT molecular complexity index is 749. The Hall–Kier alpha value is -2.89. The number of benzene rings is 2. The molecule has 146 valence electrons. The van der Waals surface area contributed by atoms with Crippen molar-refractivity contribution >= 4 is 6.03 Å². The van der Waals surface area contributed by atoms with E-state index in [9.17, 15) is 4.79 Å². The fourth-order valence-corrected chi connectivity index (χ4v) is 2.78. The van der Waals surface area contributed by atoms with Crippen LogP contribution in [0.3, 0.4) is 0 Å². The number of methoxy groups -OCH3 is 3. The number of rotatable bonds is 7. The fraction of sp³-hybridized carbons (Fsp3) is 0.381. The van der Waals surface area contributed by atoms with E-state index in [1.54, 1.807) is 33.3 Å². The molecular formula is C21H28N2O4. The molecule has 0 heterocycles. The van der Waals surface area contributed by atoms with Crippen LogP contribution < -0.4 is 19.5 Å². The average Bonchev–Trinajstić information content (AvgIpc) is 2.70. The van der Waals surface area contributed by atoms with Gasteiger partial charge >= 0.3 is 6.03 Å². The Balaban J connectivity index is 2.07. The largest absolute Gasteiger partial charge is 0.493 e. The van der Waals surface area contributed by atoms with Crippen molar-refractivity contribution in [1.82, 2.24) is 10.2 Å². The lowest BCUT2D eigenvalue weighted by molar-refractivity contribution is 0.194. The van der Waals surface area contributed by atoms with Gasteiger partial charge in [-0.05, 0) is 37.1 Å². The molecule has 2 rings (SSSR count). The minimum atomic E-state index is -0.156. The molecule has 27 heavy (non-hydrogen) atoms. The first-order chi connectivity index (χ1) is 12.9. The number of carbonyl (C=O) groups excluding carboxylic acids is 1. The van der Waals surface area contributed by atoms with Crippen LogP contribution in [0.15, 0.2) is 36.4 Å². The SMILES string of the molecule is COc1cc(CNC(=O)N(C)C(C)c2ccc(C)cc2)cc(OC)c1OC. The molecule has 2 amide bonds. The third-order valence-corrected chi connectivity index (χ3v) is 4.63. The van der Waals surface area contributed by atoms with Gasteiger partial charge in [-0.25, -0.2) is 4.79 Å². The maximum Gasteiger partial charge on any atom is 0.317 e. The number of carbonyl (C=O) groups is 1. The Morgan fingerprint density at radius 3 is 2.07 bits per heavy atom. The molecule has 6 nitrogen and oxygen atoms in total. The molecule has 2 aromatic carbocycles. The summed E-state index contributed by atoms with van der Waals surface area (Å²) in [6.07, 6.45) is 0. The van der Waals surface area contributed by atoms with Crippen molar-refractivity contribution in [3.05, 3.63) is 53.1 Å². The number of urea groups is 1. The highest BCUT2D eigenvalue weighted by Gasteiger charge is 2.18. The minimum Gasteiger partial charge on any atom is -0.493 e. The highest BCUT2D eigenvalue weighted by atomic mass is 16.5. The van der Waals surface area contributed by atoms with Crippen molar-refractivity contribution in [2.24, 2.45) is 0 Å². The molecule has 0 aliphatic rings. The van der Waals surface area contributed by atoms with Gasteiger partial charge in [0.15, 0.2) is 11.5 Å². The van der Waals surface area contributed by atoms with Crippen LogP contribution in [0.25, 0.3) is 0 Å². The molecule has 2 aromatic rings. The van der Waals surface area contributed by atoms with Gasteiger partial charge in [-0.2, -0.15) is 0 Å². The summed E-state index contributed by atoms with van der Waals surface area (Å²) < 4.78 is 16.0. The van der Waals surface area contributed by atoms with E-state index < -0.39 is 0 Å². The first kappa shape index (κ1) is 20.4. The van der Waals surface area contributed by atoms with Gasteiger partial charge in [0.25, 0.3) is 0 Å². The second-order valence-electron chi connectivity index (χ2n) is 6.39. The molecule has 0 saturated carbocycles. The summed E-state index contributed by atoms with van der Waals surface area (Å²) in [4.78, 5) is 14.2. The van der Waals surface area contributed by atoms with Crippen molar-refractivity contribution in [2.75, 3.05) is 28.4 Å². The molecule has 0 radical (unpaired) electrons. The molecule has 0 bridgehead atoms. The molecule has 1 unspecified atom stereocenters. The highest BCUT2D eigenvalue weighted by Crippen LogP contribution is 2.38. The lowest BCUT2D eigenvalue weighted by atomic mass is 10.1. The zero-order chi connectivity index (χ0) is 20.0. The summed E-state index contributed by atoms with van der Waals surface area (Å²) in [7, 11) is 6.48. The van der Waals surface area contributed by atoms with Gasteiger partial charge in [0.05, 0.1) is 27.4 Å². The predicted molar refractivity (Wildman–Crippen MR) is 106 cm³/mol. The first-order valence-electron chi connectivity index (χ1n) is 8.77. The van der Waals surface area contributed by atoms with Crippen LogP contribution in [0.2, 0.25) is 0 Å². The number of ether oxygens (including phenoxy) is 3. The monoisotopic (exact) mass is 372 g/mol. The molecule has 1 N–H and O–H groups in total. The van der Waals surface area contributed by atoms with Gasteiger partial charge in [-0.3, -0.25) is 0 Å². The summed E-state index contributed by atoms with van der Waals surface area (Å²) in [5, 5.41) is 2.94. The third-order valence-electron chi connectivity index (χ3n) is 4.63. The van der Waals surface area contributed by atoms with Gasteiger partial charge < -0.3 is 24.4 Å². The normalized spacial score (nSPS) is 11.5. The van der Waals surface area contributed by atoms with Crippen LogP contribution in [0.4, 0.5) is 4.79 Å². The molecule has 0 aliphatic heterocycles. The van der Waals surface area contributed by atoms with E-state index >= 15 is 0 Å². The fourth-order valence-electron chi connectivity index (χ4n) is 2.78. The van der Waals surface area contributed by atoms with Crippen molar-refractivity contribution in [3.8, 4) is 17.2 Å². The van der Waals surface area contributed by atoms with Crippen molar-refractivity contribution in [2.45, 2.75) is 26.4 Å². The maximum absolute atomic E-state index is 12.6. The molecule has 0 aromatic heterocycles. The van der Waals surface area contributed by atoms with E-state index in [2.05, 4.69) is 5.32 Å². The quantitative estimate of drug-likeness (QED) is 0.800. The molecule has 0 fully saturated rings. The smallest absolute Gasteiger partial charge is 0.317 e. The van der Waals surface area contributed by atoms with E-state index in [4.69, 9.17) is 14.2 Å². The van der Waals surface area contributed by atoms with Gasteiger partial charge in [-0.15, -0.1) is 0 Å². The molecular weight excluding hydrogens is 344 g/mol. The number of hydrogen-bond donors (Lipinski definition) is 1. The summed E-state index contributed by atoms with van der Waals surface area (Å²) in [5.41, 5.74) is 3.14. The number of hydrogen-bond acceptors (Lipinski definition) is 4. The molecule has 1 atom stereocenters. The van der Waals surface area contributed by atoms with E-state index in [1.165, 1.54) is 5.56 Å². The maximum atomic E-state index is 12.6. The van der Waals surface area contributed by atoms with Crippen LogP contribution >= 0.6 is 0 Å². The highest BCUT2D eigenvalue weighted by molar-refractivity contribution is 5.74. The number of nitrogens with zero attached hydrogens (tertiary/aromatic N) is 1. The lowest BCUT2D eigenvalue weighted by Gasteiger charge is -2.26. The van der Waals surface area contributed by atoms with Crippen LogP contribution in [0.1, 0.15) is 29.7 Å². The number of aryl methyl sites for hydroxylation is 1. The molecule has 6 heteroatoms. The van der Waals surface area contributed by atoms with Crippen LogP contribution in [-0.4, -0.2) is 39.3 Å². The minimum absolute atomic E-state index is 0.0365. The molecule has 0 aliphatic carbocycles. The number of nitrogens with one attached hydrogen (secondary N) is 1. The van der Waals surface area contributed by atoms with Gasteiger partial charge in [0.2, 0.25) is 5.75 Å². The standard InChI is InChI=1S/C21H28N2O4/c1-14-7-9-17(10-8-14)15(2)23(3)21(24)22-13-16-11-18(25-4)20(27-6)19(12-16)26-5/h7-12,15H,13H2,1-6H3,(H,22,24). The molecule has 0 spiro atoms. The van der Waals surface area contributed by atoms with E-state index in [0.717, 1.165) is 11.1 Å². The van der Waals surface area contributed by atoms with Crippen LogP contribution in [0.5, 0.6) is 17.2 Å². The Morgan fingerprint density at radius 2 is 1.59 bits per heavy atom. The Morgan fingerprint density at radius 1 is 1.04 bits per heavy atom. The van der Waals surface area contributed by atoms with Crippen LogP contribution in [-0.2, 0) is 6.54 Å². The Kier molecular flexibility index (Phi) is 6.93. The van der Waals surface area contributed by atoms with Gasteiger partial charge in [-0.1, -0.05) is 29.8 Å². The topological polar surface area (TPSA) is 60.0 Å². The van der Waals surface area contributed by atoms with E-state index in [0.29, 0.717) is 23.8 Å².